The fourth-order valence-electron chi connectivity index (χ4n) is 12.3. The molecule has 8 amide bonds. The van der Waals surface area contributed by atoms with E-state index in [9.17, 15) is 58.5 Å². The SMILES string of the molecule is CCCOCC(=O)N[C@H](C(=O)N1C[C@H](O)C[C@H]1C(=O)NCc1ccc(-c2scnc2C)cc1)C(C)(C)C.CCCOCC(=O)O.Cc1ncsc1-c1ccc(CNC(=O)[C@@H]2C[C@@H](O)CN2C(=O)[C@@H](N)C(C)(C)C)cc1.Cc1ncsc1-c1ccc(CNC(=O)[C@@H]2C[C@@H](O)CN2C(=O)[C@@H](NC(=O)COCCN)C(C)(C)C)cc1.Cl. The van der Waals surface area contributed by atoms with Crippen LogP contribution in [0.4, 0.5) is 0 Å². The van der Waals surface area contributed by atoms with Crippen LogP contribution in [-0.2, 0) is 77.0 Å². The molecule has 9 rings (SSSR count). The average Bonchev–Trinajstić information content (AvgIpc) is 1.70. The summed E-state index contributed by atoms with van der Waals surface area (Å²) in [4.78, 5) is 134. The van der Waals surface area contributed by atoms with Crippen LogP contribution >= 0.6 is 46.4 Å². The summed E-state index contributed by atoms with van der Waals surface area (Å²) in [6.07, 6.45) is -0.217. The Morgan fingerprint density at radius 3 is 1.03 bits per heavy atom. The molecule has 6 aromatic rings. The number of β-amino-alcohol motifs (C(OH)–C–C–N with tert-alkyl or cyclic N) is 3. The Morgan fingerprint density at radius 2 is 0.770 bits per heavy atom. The number of aryl methyl sites for hydroxylation is 3. The number of aliphatic carboxylic acids is 1. The fourth-order valence-corrected chi connectivity index (χ4v) is 14.8. The average molecular weight is 1650 g/mol. The molecule has 29 nitrogen and oxygen atoms in total. The first-order chi connectivity index (χ1) is 52.9. The van der Waals surface area contributed by atoms with E-state index in [0.717, 1.165) is 77.9 Å². The van der Waals surface area contributed by atoms with E-state index in [1.165, 1.54) is 14.7 Å². The van der Waals surface area contributed by atoms with Gasteiger partial charge in [0, 0.05) is 78.3 Å². The lowest BCUT2D eigenvalue weighted by molar-refractivity contribution is -0.144. The maximum Gasteiger partial charge on any atom is 0.329 e. The number of nitrogens with two attached hydrogens (primary N) is 2. The first-order valence-electron chi connectivity index (χ1n) is 37.6. The minimum Gasteiger partial charge on any atom is -0.480 e. The van der Waals surface area contributed by atoms with Gasteiger partial charge in [-0.1, -0.05) is 149 Å². The fraction of sp³-hybridized carbons (Fsp3) is 0.550. The van der Waals surface area contributed by atoms with Crippen LogP contribution in [0, 0.1) is 37.0 Å². The van der Waals surface area contributed by atoms with Crippen molar-refractivity contribution in [3.8, 4) is 31.3 Å². The lowest BCUT2D eigenvalue weighted by Crippen LogP contribution is -2.58. The molecule has 0 saturated carbocycles. The van der Waals surface area contributed by atoms with Crippen LogP contribution in [0.1, 0.15) is 142 Å². The van der Waals surface area contributed by atoms with Gasteiger partial charge < -0.3 is 87.4 Å². The monoisotopic (exact) mass is 1650 g/mol. The molecule has 0 spiro atoms. The number of aliphatic hydroxyl groups is 3. The summed E-state index contributed by atoms with van der Waals surface area (Å²) in [7, 11) is 0. The number of nitrogens with one attached hydrogen (secondary N) is 5. The van der Waals surface area contributed by atoms with E-state index in [4.69, 9.17) is 26.0 Å². The maximum absolute atomic E-state index is 13.5. The number of carboxylic acids is 1. The Bertz CT molecular complexity index is 3880. The predicted molar refractivity (Wildman–Crippen MR) is 438 cm³/mol. The normalized spacial score (nSPS) is 18.1. The van der Waals surface area contributed by atoms with Crippen LogP contribution in [0.15, 0.2) is 89.3 Å². The number of hydrogen-bond donors (Lipinski definition) is 11. The van der Waals surface area contributed by atoms with Crippen molar-refractivity contribution in [2.45, 2.75) is 203 Å². The first kappa shape index (κ1) is 95.3. The molecule has 3 aromatic heterocycles. The standard InChI is InChI=1S/C27H38N4O5S.C26H37N5O5S.C22H30N4O3S.C5H10O3.ClH/c1-6-11-36-15-22(33)30-24(27(3,4)5)26(35)31-14-20(32)12-21(31)25(34)28-13-18-7-9-19(10-8-18)23-17(2)29-16-37-23;1-16-22(37-15-29-16)18-7-5-17(6-8-18)12-28-24(34)20-11-19(32)13-31(20)25(35)23(26(2,3)4)30-21(33)14-36-10-9-27;1-13-18(30-12-25-13)15-7-5-14(6-8-15)10-24-20(28)17-9-16(27)11-26(17)21(29)19(23)22(2,3)4;1-2-3-8-4-5(6)7;/h7-10,16,20-21,24,32H,6,11-15H2,1-5H3,(H,28,34)(H,30,33);5-8,15,19-20,23,32H,9-14,27H2,1-4H3,(H,28,34)(H,30,33);5-8,12,16-17,19,27H,9-11,23H2,1-4H3,(H,24,28);2-4H2,1H3,(H,6,7);1H/t20-,21+,24-;19-,20+,23-;16-,17+,19-;;/m111../s1. The second-order valence-corrected chi connectivity index (χ2v) is 33.7. The van der Waals surface area contributed by atoms with Gasteiger partial charge in [-0.15, -0.1) is 46.4 Å². The number of halogens is 1. The van der Waals surface area contributed by atoms with Crippen molar-refractivity contribution in [1.29, 1.82) is 0 Å². The predicted octanol–water partition coefficient (Wildman–Crippen LogP) is 6.85. The summed E-state index contributed by atoms with van der Waals surface area (Å²) >= 11 is 4.76. The summed E-state index contributed by atoms with van der Waals surface area (Å²) in [5, 5.41) is 52.9. The first-order valence-corrected chi connectivity index (χ1v) is 40.3. The number of rotatable bonds is 29. The molecule has 0 aliphatic carbocycles. The van der Waals surface area contributed by atoms with E-state index >= 15 is 0 Å². The third kappa shape index (κ3) is 29.2. The van der Waals surface area contributed by atoms with Crippen molar-refractivity contribution in [1.82, 2.24) is 56.2 Å². The topological polar surface area (TPSA) is 423 Å². The van der Waals surface area contributed by atoms with Gasteiger partial charge in [-0.3, -0.25) is 38.4 Å². The molecular weight excluding hydrogens is 1530 g/mol. The van der Waals surface area contributed by atoms with Crippen LogP contribution in [0.25, 0.3) is 31.3 Å². The lowest BCUT2D eigenvalue weighted by Gasteiger charge is -2.35. The third-order valence-corrected chi connectivity index (χ3v) is 21.5. The number of likely N-dealkylation sites (tertiary alicyclic amines) is 3. The number of amides is 8. The highest BCUT2D eigenvalue weighted by molar-refractivity contribution is 7.14. The van der Waals surface area contributed by atoms with Crippen molar-refractivity contribution < 1.29 is 77.8 Å². The molecule has 0 unspecified atom stereocenters. The number of carbonyl (C=O) groups excluding carboxylic acids is 8. The molecule has 0 bridgehead atoms. The quantitative estimate of drug-likeness (QED) is 0.0214. The number of benzene rings is 3. The zero-order valence-corrected chi connectivity index (χ0v) is 70.5. The van der Waals surface area contributed by atoms with Gasteiger partial charge in [-0.05, 0) is 83.2 Å². The molecule has 3 fully saturated rings. The van der Waals surface area contributed by atoms with Crippen molar-refractivity contribution in [2.75, 3.05) is 65.8 Å². The van der Waals surface area contributed by atoms with E-state index in [-0.39, 0.29) is 120 Å². The Balaban J connectivity index is 0.000000288. The summed E-state index contributed by atoms with van der Waals surface area (Å²) in [5.74, 6) is -3.81. The molecule has 3 aliphatic rings. The highest BCUT2D eigenvalue weighted by atomic mass is 35.5. The Morgan fingerprint density at radius 1 is 0.478 bits per heavy atom. The molecule has 0 radical (unpaired) electrons. The lowest BCUT2D eigenvalue weighted by atomic mass is 9.85. The van der Waals surface area contributed by atoms with E-state index in [1.54, 1.807) is 34.0 Å². The molecule has 622 valence electrons. The van der Waals surface area contributed by atoms with Crippen LogP contribution < -0.4 is 38.1 Å². The smallest absolute Gasteiger partial charge is 0.329 e. The summed E-state index contributed by atoms with van der Waals surface area (Å²) < 4.78 is 15.1. The molecule has 3 aromatic carbocycles. The molecule has 13 N–H and O–H groups in total. The Kier molecular flexibility index (Phi) is 38.1. The summed E-state index contributed by atoms with van der Waals surface area (Å²) in [6.45, 7) is 28.6. The van der Waals surface area contributed by atoms with E-state index in [2.05, 4.69) is 46.3 Å². The summed E-state index contributed by atoms with van der Waals surface area (Å²) in [6, 6.07) is 18.9. The number of carbonyl (C=O) groups is 9. The number of carboxylic acid groups (broad SMARTS) is 1. The molecular formula is C80H116ClN13O16S3. The molecule has 33 heteroatoms. The van der Waals surface area contributed by atoms with Gasteiger partial charge >= 0.3 is 5.97 Å². The van der Waals surface area contributed by atoms with Crippen LogP contribution in [0.5, 0.6) is 0 Å². The zero-order valence-electron chi connectivity index (χ0n) is 67.2. The van der Waals surface area contributed by atoms with E-state index < -0.39 is 94.5 Å². The maximum atomic E-state index is 13.5. The van der Waals surface area contributed by atoms with Gasteiger partial charge in [0.1, 0.15) is 50.0 Å². The highest BCUT2D eigenvalue weighted by Gasteiger charge is 2.47. The van der Waals surface area contributed by atoms with Crippen molar-refractivity contribution >= 4 is 99.6 Å². The van der Waals surface area contributed by atoms with Gasteiger partial charge in [0.25, 0.3) is 0 Å². The largest absolute Gasteiger partial charge is 0.480 e. The minimum atomic E-state index is -0.904. The van der Waals surface area contributed by atoms with Crippen molar-refractivity contribution in [3.63, 3.8) is 0 Å². The number of thiazole rings is 3. The number of aliphatic hydroxyl groups excluding tert-OH is 3. The van der Waals surface area contributed by atoms with Gasteiger partial charge in [-0.2, -0.15) is 0 Å². The Labute approximate surface area is 680 Å². The molecule has 9 atom stereocenters. The number of ether oxygens (including phenoxy) is 3. The van der Waals surface area contributed by atoms with Gasteiger partial charge in [0.05, 0.1) is 79.2 Å². The Hall–Kier alpha value is -8.25. The molecule has 113 heavy (non-hydrogen) atoms. The molecule has 6 heterocycles. The summed E-state index contributed by atoms with van der Waals surface area (Å²) in [5.41, 5.74) is 24.2. The van der Waals surface area contributed by atoms with Crippen LogP contribution in [0.2, 0.25) is 0 Å². The van der Waals surface area contributed by atoms with E-state index in [1.807, 2.05) is 186 Å². The third-order valence-electron chi connectivity index (χ3n) is 18.6. The number of aromatic nitrogens is 3. The van der Waals surface area contributed by atoms with Gasteiger partial charge in [0.2, 0.25) is 47.3 Å². The highest BCUT2D eigenvalue weighted by Crippen LogP contribution is 2.33. The molecule has 3 aliphatic heterocycles. The van der Waals surface area contributed by atoms with Crippen LogP contribution in [0.3, 0.4) is 0 Å². The van der Waals surface area contributed by atoms with E-state index in [0.29, 0.717) is 26.3 Å². The van der Waals surface area contributed by atoms with Gasteiger partial charge in [-0.25, -0.2) is 19.7 Å². The zero-order chi connectivity index (χ0) is 82.8. The van der Waals surface area contributed by atoms with Gasteiger partial charge in [0.15, 0.2) is 0 Å². The number of hydrogen-bond acceptors (Lipinski definition) is 23. The van der Waals surface area contributed by atoms with Crippen molar-refractivity contribution in [3.05, 3.63) is 123 Å². The van der Waals surface area contributed by atoms with Crippen LogP contribution in [-0.4, -0.2) is 224 Å². The second kappa shape index (κ2) is 45.2. The number of nitrogens with zero attached hydrogens (tertiary/aromatic N) is 6. The molecule has 3 saturated heterocycles. The van der Waals surface area contributed by atoms with Crippen molar-refractivity contribution in [2.24, 2.45) is 27.7 Å². The minimum absolute atomic E-state index is 0. The second-order valence-electron chi connectivity index (χ2n) is 31.1.